The van der Waals surface area contributed by atoms with Gasteiger partial charge in [-0.05, 0) is 6.92 Å². The summed E-state index contributed by atoms with van der Waals surface area (Å²) in [5.74, 6) is 0. The number of carboxylic acid groups (broad SMARTS) is 1. The van der Waals surface area contributed by atoms with Gasteiger partial charge in [0.05, 0.1) is 6.61 Å². The maximum absolute atomic E-state index is 10.6. The zero-order valence-electron chi connectivity index (χ0n) is 6.79. The Morgan fingerprint density at radius 1 is 1.33 bits per heavy atom. The number of nitrogens with one attached hydrogen (secondary N) is 2. The summed E-state index contributed by atoms with van der Waals surface area (Å²) < 4.78 is 4.52. The molecule has 0 atom stereocenters. The second kappa shape index (κ2) is 6.26. The van der Waals surface area contributed by atoms with E-state index in [0.717, 1.165) is 0 Å². The molecule has 0 aliphatic heterocycles. The van der Waals surface area contributed by atoms with Crippen molar-refractivity contribution in [3.05, 3.63) is 0 Å². The van der Waals surface area contributed by atoms with E-state index in [0.29, 0.717) is 6.61 Å². The Hall–Kier alpha value is -1.46. The number of rotatable bonds is 4. The molecule has 0 aromatic carbocycles. The predicted octanol–water partition coefficient (Wildman–Crippen LogP) is 0.0001000. The minimum absolute atomic E-state index is 0.175. The fraction of sp³-hybridized carbons (Fsp3) is 0.667. The molecule has 0 fully saturated rings. The summed E-state index contributed by atoms with van der Waals surface area (Å²) in [6.45, 7) is 2.40. The maximum Gasteiger partial charge on any atom is 0.407 e. The summed E-state index contributed by atoms with van der Waals surface area (Å²) in [6, 6.07) is 0. The van der Waals surface area contributed by atoms with Crippen LogP contribution in [0.15, 0.2) is 0 Å². The first-order valence-corrected chi connectivity index (χ1v) is 3.54. The molecule has 6 nitrogen and oxygen atoms in total. The molecule has 2 amide bonds. The number of amides is 2. The Bertz CT molecular complexity index is 160. The zero-order valence-corrected chi connectivity index (χ0v) is 6.79. The largest absolute Gasteiger partial charge is 0.465 e. The molecule has 0 saturated carbocycles. The third-order valence-electron chi connectivity index (χ3n) is 0.946. The fourth-order valence-corrected chi connectivity index (χ4v) is 0.516. The van der Waals surface area contributed by atoms with Crippen LogP contribution in [0.25, 0.3) is 0 Å². The monoisotopic (exact) mass is 176 g/mol. The Morgan fingerprint density at radius 3 is 2.42 bits per heavy atom. The molecule has 0 bridgehead atoms. The van der Waals surface area contributed by atoms with Crippen LogP contribution in [0.2, 0.25) is 0 Å². The second-order valence-corrected chi connectivity index (χ2v) is 1.88. The molecule has 0 heterocycles. The van der Waals surface area contributed by atoms with Crippen LogP contribution < -0.4 is 10.6 Å². The van der Waals surface area contributed by atoms with Crippen LogP contribution in [0.3, 0.4) is 0 Å². The van der Waals surface area contributed by atoms with Crippen LogP contribution >= 0.6 is 0 Å². The van der Waals surface area contributed by atoms with Crippen LogP contribution in [0.5, 0.6) is 0 Å². The highest BCUT2D eigenvalue weighted by Gasteiger charge is 1.98. The Morgan fingerprint density at radius 2 is 1.92 bits per heavy atom. The van der Waals surface area contributed by atoms with Crippen LogP contribution in [0.4, 0.5) is 9.59 Å². The summed E-state index contributed by atoms with van der Waals surface area (Å²) >= 11 is 0. The minimum Gasteiger partial charge on any atom is -0.465 e. The van der Waals surface area contributed by atoms with Crippen LogP contribution in [0, 0.1) is 0 Å². The summed E-state index contributed by atoms with van der Waals surface area (Å²) in [5.41, 5.74) is 0. The van der Waals surface area contributed by atoms with E-state index in [1.807, 2.05) is 0 Å². The summed E-state index contributed by atoms with van der Waals surface area (Å²) in [7, 11) is 0. The Kier molecular flexibility index (Phi) is 5.50. The van der Waals surface area contributed by atoms with Gasteiger partial charge in [-0.15, -0.1) is 0 Å². The van der Waals surface area contributed by atoms with Gasteiger partial charge in [-0.3, -0.25) is 0 Å². The van der Waals surface area contributed by atoms with Gasteiger partial charge in [0.25, 0.3) is 0 Å². The normalized spacial score (nSPS) is 8.75. The number of ether oxygens (including phenoxy) is 1. The van der Waals surface area contributed by atoms with E-state index in [2.05, 4.69) is 15.4 Å². The SMILES string of the molecule is CCOC(=O)NCCNC(=O)O. The quantitative estimate of drug-likeness (QED) is 0.526. The first-order chi connectivity index (χ1) is 5.66. The third kappa shape index (κ3) is 6.66. The van der Waals surface area contributed by atoms with E-state index in [1.54, 1.807) is 6.92 Å². The number of carbonyl (C=O) groups excluding carboxylic acids is 1. The molecule has 0 rings (SSSR count). The van der Waals surface area contributed by atoms with Crippen LogP contribution in [0.1, 0.15) is 6.92 Å². The first kappa shape index (κ1) is 10.5. The molecular weight excluding hydrogens is 164 g/mol. The van der Waals surface area contributed by atoms with E-state index in [4.69, 9.17) is 5.11 Å². The topological polar surface area (TPSA) is 87.7 Å². The molecule has 0 radical (unpaired) electrons. The van der Waals surface area contributed by atoms with Gasteiger partial charge < -0.3 is 20.5 Å². The molecule has 0 saturated heterocycles. The number of carbonyl (C=O) groups is 2. The molecule has 0 aliphatic carbocycles. The van der Waals surface area contributed by atoms with Crippen molar-refractivity contribution in [1.82, 2.24) is 10.6 Å². The lowest BCUT2D eigenvalue weighted by atomic mass is 10.6. The average molecular weight is 176 g/mol. The van der Waals surface area contributed by atoms with Gasteiger partial charge in [0, 0.05) is 13.1 Å². The number of alkyl carbamates (subject to hydrolysis) is 1. The highest BCUT2D eigenvalue weighted by molar-refractivity contribution is 5.67. The maximum atomic E-state index is 10.6. The van der Waals surface area contributed by atoms with E-state index < -0.39 is 12.2 Å². The lowest BCUT2D eigenvalue weighted by Crippen LogP contribution is -2.34. The summed E-state index contributed by atoms with van der Waals surface area (Å²) in [4.78, 5) is 20.5. The van der Waals surface area contributed by atoms with E-state index in [-0.39, 0.29) is 13.1 Å². The van der Waals surface area contributed by atoms with Gasteiger partial charge in [0.15, 0.2) is 0 Å². The second-order valence-electron chi connectivity index (χ2n) is 1.88. The molecule has 12 heavy (non-hydrogen) atoms. The molecule has 0 aromatic heterocycles. The molecular formula is C6H12N2O4. The Labute approximate surface area is 69.9 Å². The van der Waals surface area contributed by atoms with Gasteiger partial charge in [0.2, 0.25) is 0 Å². The van der Waals surface area contributed by atoms with Crippen LogP contribution in [-0.4, -0.2) is 37.0 Å². The average Bonchev–Trinajstić information content (AvgIpc) is 1.98. The Balaban J connectivity index is 3.19. The zero-order chi connectivity index (χ0) is 9.40. The van der Waals surface area contributed by atoms with Crippen molar-refractivity contribution < 1.29 is 19.4 Å². The molecule has 0 spiro atoms. The molecule has 6 heteroatoms. The molecule has 70 valence electrons. The fourth-order valence-electron chi connectivity index (χ4n) is 0.516. The van der Waals surface area contributed by atoms with Crippen molar-refractivity contribution in [3.8, 4) is 0 Å². The van der Waals surface area contributed by atoms with Crippen LogP contribution in [-0.2, 0) is 4.74 Å². The molecule has 0 aromatic rings. The van der Waals surface area contributed by atoms with Crippen molar-refractivity contribution in [2.24, 2.45) is 0 Å². The van der Waals surface area contributed by atoms with E-state index >= 15 is 0 Å². The van der Waals surface area contributed by atoms with Crippen molar-refractivity contribution >= 4 is 12.2 Å². The van der Waals surface area contributed by atoms with Crippen molar-refractivity contribution in [3.63, 3.8) is 0 Å². The van der Waals surface area contributed by atoms with Crippen molar-refractivity contribution in [2.75, 3.05) is 19.7 Å². The highest BCUT2D eigenvalue weighted by Crippen LogP contribution is 1.74. The van der Waals surface area contributed by atoms with E-state index in [9.17, 15) is 9.59 Å². The van der Waals surface area contributed by atoms with Crippen molar-refractivity contribution in [2.45, 2.75) is 6.92 Å². The number of hydrogen-bond donors (Lipinski definition) is 3. The van der Waals surface area contributed by atoms with Gasteiger partial charge in [-0.2, -0.15) is 0 Å². The molecule has 3 N–H and O–H groups in total. The van der Waals surface area contributed by atoms with Gasteiger partial charge in [0.1, 0.15) is 0 Å². The highest BCUT2D eigenvalue weighted by atomic mass is 16.5. The predicted molar refractivity (Wildman–Crippen MR) is 41.1 cm³/mol. The standard InChI is InChI=1S/C6H12N2O4/c1-2-12-6(11)8-4-3-7-5(9)10/h7H,2-4H2,1H3,(H,8,11)(H,9,10). The van der Waals surface area contributed by atoms with E-state index in [1.165, 1.54) is 0 Å². The number of hydrogen-bond acceptors (Lipinski definition) is 3. The summed E-state index contributed by atoms with van der Waals surface area (Å²) in [5, 5.41) is 12.6. The van der Waals surface area contributed by atoms with Crippen molar-refractivity contribution in [1.29, 1.82) is 0 Å². The van der Waals surface area contributed by atoms with Gasteiger partial charge in [-0.1, -0.05) is 0 Å². The van der Waals surface area contributed by atoms with Gasteiger partial charge in [-0.25, -0.2) is 9.59 Å². The van der Waals surface area contributed by atoms with Gasteiger partial charge >= 0.3 is 12.2 Å². The smallest absolute Gasteiger partial charge is 0.407 e. The summed E-state index contributed by atoms with van der Waals surface area (Å²) in [6.07, 6.45) is -1.65. The lowest BCUT2D eigenvalue weighted by molar-refractivity contribution is 0.152. The minimum atomic E-state index is -1.11. The molecule has 0 aliphatic rings. The first-order valence-electron chi connectivity index (χ1n) is 3.54. The molecule has 0 unspecified atom stereocenters. The third-order valence-corrected chi connectivity index (χ3v) is 0.946. The lowest BCUT2D eigenvalue weighted by Gasteiger charge is -2.04.